The molecule has 0 radical (unpaired) electrons. The minimum absolute atomic E-state index is 0.217. The molecule has 8 heteroatoms. The number of benzene rings is 1. The first kappa shape index (κ1) is 17.4. The number of halogens is 1. The van der Waals surface area contributed by atoms with Gasteiger partial charge in [-0.2, -0.15) is 4.72 Å². The number of nitrogens with one attached hydrogen (secondary N) is 1. The lowest BCUT2D eigenvalue weighted by molar-refractivity contribution is -0.139. The molecule has 1 aliphatic heterocycles. The molecule has 2 atom stereocenters. The van der Waals surface area contributed by atoms with Crippen molar-refractivity contribution in [2.75, 3.05) is 12.4 Å². The van der Waals surface area contributed by atoms with E-state index >= 15 is 0 Å². The quantitative estimate of drug-likeness (QED) is 0.773. The van der Waals surface area contributed by atoms with E-state index in [4.69, 9.17) is 4.74 Å². The Labute approximate surface area is 138 Å². The third-order valence-corrected chi connectivity index (χ3v) is 5.30. The van der Waals surface area contributed by atoms with Crippen molar-refractivity contribution >= 4 is 31.9 Å². The van der Waals surface area contributed by atoms with Crippen molar-refractivity contribution in [3.63, 3.8) is 0 Å². The Bertz CT molecular complexity index is 628. The van der Waals surface area contributed by atoms with Gasteiger partial charge in [0.1, 0.15) is 6.04 Å². The highest BCUT2D eigenvalue weighted by Crippen LogP contribution is 2.20. The normalized spacial score (nSPS) is 20.5. The molecule has 1 aromatic carbocycles. The molecule has 2 unspecified atom stereocenters. The van der Waals surface area contributed by atoms with Crippen molar-refractivity contribution in [3.8, 4) is 0 Å². The minimum atomic E-state index is -3.76. The molecule has 2 rings (SSSR count). The SMILES string of the molecule is O=C(O)C(NS(=O)(=O)CC1CCCCO1)c1cccc(Br)c1. The van der Waals surface area contributed by atoms with Crippen LogP contribution in [0.1, 0.15) is 30.9 Å². The molecule has 1 aliphatic rings. The maximum Gasteiger partial charge on any atom is 0.326 e. The van der Waals surface area contributed by atoms with E-state index in [1.807, 2.05) is 0 Å². The molecule has 0 spiro atoms. The Morgan fingerprint density at radius 3 is 2.82 bits per heavy atom. The van der Waals surface area contributed by atoms with Crippen LogP contribution in [0.4, 0.5) is 0 Å². The summed E-state index contributed by atoms with van der Waals surface area (Å²) in [7, 11) is -3.76. The van der Waals surface area contributed by atoms with Crippen LogP contribution in [-0.2, 0) is 19.6 Å². The number of carbonyl (C=O) groups is 1. The zero-order chi connectivity index (χ0) is 16.2. The number of sulfonamides is 1. The Kier molecular flexibility index (Phi) is 5.96. The van der Waals surface area contributed by atoms with Crippen LogP contribution in [0.3, 0.4) is 0 Å². The van der Waals surface area contributed by atoms with E-state index in [2.05, 4.69) is 20.7 Å². The Morgan fingerprint density at radius 2 is 2.23 bits per heavy atom. The van der Waals surface area contributed by atoms with Gasteiger partial charge in [0.15, 0.2) is 0 Å². The Morgan fingerprint density at radius 1 is 1.45 bits per heavy atom. The molecular formula is C14H18BrNO5S. The smallest absolute Gasteiger partial charge is 0.326 e. The minimum Gasteiger partial charge on any atom is -0.480 e. The lowest BCUT2D eigenvalue weighted by Crippen LogP contribution is -2.39. The summed E-state index contributed by atoms with van der Waals surface area (Å²) in [5, 5.41) is 9.31. The molecule has 0 aromatic heterocycles. The van der Waals surface area contributed by atoms with Crippen LogP contribution in [0.15, 0.2) is 28.7 Å². The summed E-state index contributed by atoms with van der Waals surface area (Å²) >= 11 is 3.25. The fourth-order valence-corrected chi connectivity index (χ4v) is 4.22. The highest BCUT2D eigenvalue weighted by atomic mass is 79.9. The monoisotopic (exact) mass is 391 g/mol. The second kappa shape index (κ2) is 7.54. The molecule has 0 aliphatic carbocycles. The van der Waals surface area contributed by atoms with Crippen LogP contribution < -0.4 is 4.72 Å². The molecule has 1 aromatic rings. The number of aliphatic carboxylic acids is 1. The zero-order valence-electron chi connectivity index (χ0n) is 11.9. The van der Waals surface area contributed by atoms with Crippen LogP contribution in [0.2, 0.25) is 0 Å². The first-order chi connectivity index (χ1) is 10.4. The molecular weight excluding hydrogens is 374 g/mol. The summed E-state index contributed by atoms with van der Waals surface area (Å²) in [5.41, 5.74) is 0.370. The van der Waals surface area contributed by atoms with Crippen LogP contribution in [-0.4, -0.2) is 38.0 Å². The summed E-state index contributed by atoms with van der Waals surface area (Å²) in [4.78, 5) is 11.4. The van der Waals surface area contributed by atoms with Gasteiger partial charge in [-0.1, -0.05) is 28.1 Å². The van der Waals surface area contributed by atoms with E-state index < -0.39 is 22.0 Å². The van der Waals surface area contributed by atoms with Crippen molar-refractivity contribution in [3.05, 3.63) is 34.3 Å². The third kappa shape index (κ3) is 5.05. The molecule has 2 N–H and O–H groups in total. The molecule has 6 nitrogen and oxygen atoms in total. The molecule has 0 saturated carbocycles. The van der Waals surface area contributed by atoms with Crippen molar-refractivity contribution in [1.29, 1.82) is 0 Å². The second-order valence-electron chi connectivity index (χ2n) is 5.21. The van der Waals surface area contributed by atoms with Gasteiger partial charge < -0.3 is 9.84 Å². The van der Waals surface area contributed by atoms with Gasteiger partial charge in [-0.05, 0) is 37.0 Å². The van der Waals surface area contributed by atoms with Crippen LogP contribution in [0.5, 0.6) is 0 Å². The summed E-state index contributed by atoms with van der Waals surface area (Å²) in [6.45, 7) is 0.550. The molecule has 22 heavy (non-hydrogen) atoms. The van der Waals surface area contributed by atoms with E-state index in [1.54, 1.807) is 24.3 Å². The van der Waals surface area contributed by atoms with E-state index in [9.17, 15) is 18.3 Å². The average Bonchev–Trinajstić information content (AvgIpc) is 2.45. The topological polar surface area (TPSA) is 92.7 Å². The average molecular weight is 392 g/mol. The number of carboxylic acids is 1. The predicted octanol–water partition coefficient (Wildman–Crippen LogP) is 2.06. The van der Waals surface area contributed by atoms with Crippen molar-refractivity contribution in [1.82, 2.24) is 4.72 Å². The summed E-state index contributed by atoms with van der Waals surface area (Å²) in [5.74, 6) is -1.46. The molecule has 1 fully saturated rings. The highest BCUT2D eigenvalue weighted by Gasteiger charge is 2.29. The van der Waals surface area contributed by atoms with Gasteiger partial charge in [0, 0.05) is 11.1 Å². The van der Waals surface area contributed by atoms with Gasteiger partial charge in [-0.15, -0.1) is 0 Å². The van der Waals surface area contributed by atoms with E-state index in [-0.39, 0.29) is 11.9 Å². The summed E-state index contributed by atoms with van der Waals surface area (Å²) in [6, 6.07) is 5.24. The number of carboxylic acid groups (broad SMARTS) is 1. The van der Waals surface area contributed by atoms with Crippen molar-refractivity contribution in [2.45, 2.75) is 31.4 Å². The van der Waals surface area contributed by atoms with Gasteiger partial charge in [-0.25, -0.2) is 8.42 Å². The fourth-order valence-electron chi connectivity index (χ4n) is 2.36. The van der Waals surface area contributed by atoms with E-state index in [0.29, 0.717) is 23.1 Å². The van der Waals surface area contributed by atoms with Gasteiger partial charge in [0.2, 0.25) is 10.0 Å². The molecule has 0 amide bonds. The molecule has 1 saturated heterocycles. The summed E-state index contributed by atoms with van der Waals surface area (Å²) < 4.78 is 32.8. The summed E-state index contributed by atoms with van der Waals surface area (Å²) in [6.07, 6.45) is 2.16. The first-order valence-corrected chi connectivity index (χ1v) is 9.42. The third-order valence-electron chi connectivity index (χ3n) is 3.41. The number of rotatable bonds is 6. The van der Waals surface area contributed by atoms with Crippen molar-refractivity contribution < 1.29 is 23.1 Å². The molecule has 0 bridgehead atoms. The zero-order valence-corrected chi connectivity index (χ0v) is 14.3. The lowest BCUT2D eigenvalue weighted by Gasteiger charge is -2.23. The molecule has 122 valence electrons. The largest absolute Gasteiger partial charge is 0.480 e. The Hall–Kier alpha value is -0.960. The van der Waals surface area contributed by atoms with Crippen LogP contribution >= 0.6 is 15.9 Å². The number of hydrogen-bond donors (Lipinski definition) is 2. The van der Waals surface area contributed by atoms with Gasteiger partial charge in [0.05, 0.1) is 11.9 Å². The first-order valence-electron chi connectivity index (χ1n) is 6.97. The van der Waals surface area contributed by atoms with E-state index in [0.717, 1.165) is 12.8 Å². The maximum absolute atomic E-state index is 12.2. The van der Waals surface area contributed by atoms with Gasteiger partial charge in [0.25, 0.3) is 0 Å². The fraction of sp³-hybridized carbons (Fsp3) is 0.500. The van der Waals surface area contributed by atoms with Crippen LogP contribution in [0, 0.1) is 0 Å². The Balaban J connectivity index is 2.11. The second-order valence-corrected chi connectivity index (χ2v) is 7.93. The molecule has 1 heterocycles. The van der Waals surface area contributed by atoms with Crippen molar-refractivity contribution in [2.24, 2.45) is 0 Å². The van der Waals surface area contributed by atoms with Gasteiger partial charge in [-0.3, -0.25) is 4.79 Å². The maximum atomic E-state index is 12.2. The van der Waals surface area contributed by atoms with E-state index in [1.165, 1.54) is 0 Å². The van der Waals surface area contributed by atoms with Crippen LogP contribution in [0.25, 0.3) is 0 Å². The highest BCUT2D eigenvalue weighted by molar-refractivity contribution is 9.10. The lowest BCUT2D eigenvalue weighted by atomic mass is 10.1. The predicted molar refractivity (Wildman–Crippen MR) is 85.0 cm³/mol. The number of ether oxygens (including phenoxy) is 1. The van der Waals surface area contributed by atoms with Gasteiger partial charge >= 0.3 is 5.97 Å². The number of hydrogen-bond acceptors (Lipinski definition) is 4. The standard InChI is InChI=1S/C14H18BrNO5S/c15-11-5-3-4-10(8-11)13(14(17)18)16-22(19,20)9-12-6-1-2-7-21-12/h3-5,8,12-13,16H,1-2,6-7,9H2,(H,17,18).